The Labute approximate surface area is 164 Å². The quantitative estimate of drug-likeness (QED) is 0.341. The first-order valence-electron chi connectivity index (χ1n) is 10.3. The van der Waals surface area contributed by atoms with Gasteiger partial charge in [0.2, 0.25) is 10.0 Å². The fourth-order valence-electron chi connectivity index (χ4n) is 4.84. The van der Waals surface area contributed by atoms with Crippen molar-refractivity contribution in [3.05, 3.63) is 0 Å². The van der Waals surface area contributed by atoms with Crippen LogP contribution in [0.3, 0.4) is 0 Å². The first-order valence-corrected chi connectivity index (χ1v) is 12.0. The standard InChI is InChI=1S/C20H36N2O4S/c1-6-7-8-9-10-18(23)26-21-17-13-16-11-12-20(17,19(16,4)5)14-27(24,25)22-15(2)3/h15-16,22H,6-14H2,1-5H3/b21-17+. The summed E-state index contributed by atoms with van der Waals surface area (Å²) < 4.78 is 28.1. The molecule has 0 aromatic heterocycles. The molecular formula is C20H36N2O4S. The van der Waals surface area contributed by atoms with Crippen molar-refractivity contribution in [2.45, 2.75) is 92.0 Å². The molecule has 2 unspecified atom stereocenters. The number of rotatable bonds is 10. The summed E-state index contributed by atoms with van der Waals surface area (Å²) in [6.45, 7) is 10.0. The lowest BCUT2D eigenvalue weighted by molar-refractivity contribution is -0.143. The fraction of sp³-hybridized carbons (Fsp3) is 0.900. The Hall–Kier alpha value is -0.950. The van der Waals surface area contributed by atoms with Crippen molar-refractivity contribution < 1.29 is 18.0 Å². The lowest BCUT2D eigenvalue weighted by Crippen LogP contribution is -2.46. The largest absolute Gasteiger partial charge is 0.335 e. The van der Waals surface area contributed by atoms with Gasteiger partial charge in [-0.2, -0.15) is 0 Å². The highest BCUT2D eigenvalue weighted by atomic mass is 32.2. The lowest BCUT2D eigenvalue weighted by Gasteiger charge is -2.37. The number of fused-ring (bicyclic) bond motifs is 2. The SMILES string of the molecule is CCCCCCC(=O)O/N=C1\CC2CCC1(CS(=O)(=O)NC(C)C)C2(C)C. The number of oxime groups is 1. The predicted octanol–water partition coefficient (Wildman–Crippen LogP) is 4.01. The molecule has 2 rings (SSSR count). The third kappa shape index (κ3) is 4.91. The zero-order chi connectivity index (χ0) is 20.3. The van der Waals surface area contributed by atoms with Crippen LogP contribution in [0.1, 0.15) is 86.0 Å². The molecule has 0 saturated heterocycles. The molecule has 2 atom stereocenters. The average Bonchev–Trinajstić information content (AvgIpc) is 2.89. The summed E-state index contributed by atoms with van der Waals surface area (Å²) in [4.78, 5) is 17.2. The summed E-state index contributed by atoms with van der Waals surface area (Å²) in [5.74, 6) is 0.0698. The highest BCUT2D eigenvalue weighted by molar-refractivity contribution is 7.89. The number of hydrogen-bond donors (Lipinski definition) is 1. The molecular weight excluding hydrogens is 364 g/mol. The van der Waals surface area contributed by atoms with Crippen molar-refractivity contribution in [3.63, 3.8) is 0 Å². The molecule has 2 aliphatic carbocycles. The molecule has 0 aromatic carbocycles. The number of nitrogens with zero attached hydrogens (tertiary/aromatic N) is 1. The van der Waals surface area contributed by atoms with E-state index >= 15 is 0 Å². The van der Waals surface area contributed by atoms with E-state index in [4.69, 9.17) is 4.84 Å². The fourth-order valence-corrected chi connectivity index (χ4v) is 6.97. The van der Waals surface area contributed by atoms with Gasteiger partial charge in [-0.15, -0.1) is 0 Å². The molecule has 0 aliphatic heterocycles. The number of carbonyl (C=O) groups excluding carboxylic acids is 1. The van der Waals surface area contributed by atoms with Gasteiger partial charge in [-0.3, -0.25) is 0 Å². The van der Waals surface area contributed by atoms with Gasteiger partial charge >= 0.3 is 5.97 Å². The van der Waals surface area contributed by atoms with Crippen molar-refractivity contribution in [3.8, 4) is 0 Å². The average molecular weight is 401 g/mol. The molecule has 156 valence electrons. The summed E-state index contributed by atoms with van der Waals surface area (Å²) in [5.41, 5.74) is 0.0196. The van der Waals surface area contributed by atoms with Crippen molar-refractivity contribution >= 4 is 21.7 Å². The minimum absolute atomic E-state index is 0.00850. The first kappa shape index (κ1) is 22.3. The van der Waals surface area contributed by atoms with E-state index in [-0.39, 0.29) is 23.2 Å². The van der Waals surface area contributed by atoms with Crippen LogP contribution >= 0.6 is 0 Å². The minimum Gasteiger partial charge on any atom is -0.318 e. The second kappa shape index (κ2) is 8.60. The minimum atomic E-state index is -3.44. The Morgan fingerprint density at radius 2 is 2.00 bits per heavy atom. The van der Waals surface area contributed by atoms with Crippen LogP contribution in [0.4, 0.5) is 0 Å². The van der Waals surface area contributed by atoms with Crippen LogP contribution in [0.15, 0.2) is 5.16 Å². The van der Waals surface area contributed by atoms with Gasteiger partial charge in [0.1, 0.15) is 0 Å². The number of carbonyl (C=O) groups is 1. The third-order valence-corrected chi connectivity index (χ3v) is 8.21. The molecule has 7 heteroatoms. The molecule has 2 fully saturated rings. The van der Waals surface area contributed by atoms with Crippen molar-refractivity contribution in [1.82, 2.24) is 4.72 Å². The van der Waals surface area contributed by atoms with E-state index in [0.29, 0.717) is 18.8 Å². The van der Waals surface area contributed by atoms with E-state index in [2.05, 4.69) is 30.6 Å². The molecule has 0 radical (unpaired) electrons. The maximum atomic E-state index is 12.7. The van der Waals surface area contributed by atoms with Gasteiger partial charge in [0.15, 0.2) is 0 Å². The molecule has 1 N–H and O–H groups in total. The molecule has 0 spiro atoms. The Balaban J connectivity index is 2.13. The molecule has 6 nitrogen and oxygen atoms in total. The monoisotopic (exact) mass is 400 g/mol. The summed E-state index contributed by atoms with van der Waals surface area (Å²) in [6.07, 6.45) is 6.91. The van der Waals surface area contributed by atoms with Crippen LogP contribution in [0.25, 0.3) is 0 Å². The number of sulfonamides is 1. The van der Waals surface area contributed by atoms with Crippen LogP contribution in [0.2, 0.25) is 0 Å². The summed E-state index contributed by atoms with van der Waals surface area (Å²) >= 11 is 0. The van der Waals surface area contributed by atoms with Crippen molar-refractivity contribution in [2.75, 3.05) is 5.75 Å². The van der Waals surface area contributed by atoms with Crippen LogP contribution in [0, 0.1) is 16.7 Å². The highest BCUT2D eigenvalue weighted by Gasteiger charge is 2.64. The molecule has 0 aromatic rings. The van der Waals surface area contributed by atoms with Gasteiger partial charge in [0.05, 0.1) is 11.5 Å². The molecule has 0 amide bonds. The van der Waals surface area contributed by atoms with Gasteiger partial charge in [-0.25, -0.2) is 17.9 Å². The Morgan fingerprint density at radius 3 is 2.59 bits per heavy atom. The van der Waals surface area contributed by atoms with Crippen LogP contribution in [0.5, 0.6) is 0 Å². The third-order valence-electron chi connectivity index (χ3n) is 6.51. The highest BCUT2D eigenvalue weighted by Crippen LogP contribution is 2.64. The van der Waals surface area contributed by atoms with Crippen molar-refractivity contribution in [1.29, 1.82) is 0 Å². The smallest absolute Gasteiger partial charge is 0.318 e. The molecule has 2 bridgehead atoms. The van der Waals surface area contributed by atoms with Gasteiger partial charge in [0.25, 0.3) is 0 Å². The van der Waals surface area contributed by atoms with Gasteiger partial charge in [0, 0.05) is 17.9 Å². The Bertz CT molecular complexity index is 669. The number of nitrogens with one attached hydrogen (secondary N) is 1. The zero-order valence-electron chi connectivity index (χ0n) is 17.5. The van der Waals surface area contributed by atoms with E-state index in [9.17, 15) is 13.2 Å². The van der Waals surface area contributed by atoms with E-state index in [1.165, 1.54) is 0 Å². The van der Waals surface area contributed by atoms with Crippen LogP contribution in [-0.2, 0) is 19.7 Å². The van der Waals surface area contributed by atoms with E-state index in [1.54, 1.807) is 0 Å². The Morgan fingerprint density at radius 1 is 1.30 bits per heavy atom. The summed E-state index contributed by atoms with van der Waals surface area (Å²) in [6, 6.07) is -0.144. The Kier molecular flexibility index (Phi) is 7.11. The molecule has 0 heterocycles. The second-order valence-electron chi connectivity index (χ2n) is 9.09. The lowest BCUT2D eigenvalue weighted by atomic mass is 9.70. The molecule has 27 heavy (non-hydrogen) atoms. The van der Waals surface area contributed by atoms with Crippen molar-refractivity contribution in [2.24, 2.45) is 21.9 Å². The maximum Gasteiger partial charge on any atom is 0.335 e. The van der Waals surface area contributed by atoms with E-state index < -0.39 is 15.4 Å². The van der Waals surface area contributed by atoms with Gasteiger partial charge in [-0.05, 0) is 50.9 Å². The van der Waals surface area contributed by atoms with Crippen LogP contribution in [-0.4, -0.2) is 31.9 Å². The molecule has 2 aliphatic rings. The predicted molar refractivity (Wildman–Crippen MR) is 108 cm³/mol. The number of hydrogen-bond acceptors (Lipinski definition) is 5. The topological polar surface area (TPSA) is 84.8 Å². The van der Waals surface area contributed by atoms with Crippen LogP contribution < -0.4 is 4.72 Å². The van der Waals surface area contributed by atoms with Gasteiger partial charge < -0.3 is 4.84 Å². The van der Waals surface area contributed by atoms with E-state index in [1.807, 2.05) is 13.8 Å². The number of unbranched alkanes of at least 4 members (excludes halogenated alkanes) is 3. The van der Waals surface area contributed by atoms with Gasteiger partial charge in [-0.1, -0.05) is 45.2 Å². The normalized spacial score (nSPS) is 28.2. The molecule has 2 saturated carbocycles. The summed E-state index contributed by atoms with van der Waals surface area (Å²) in [7, 11) is -3.44. The zero-order valence-corrected chi connectivity index (χ0v) is 18.3. The summed E-state index contributed by atoms with van der Waals surface area (Å²) in [5, 5.41) is 4.21. The van der Waals surface area contributed by atoms with E-state index in [0.717, 1.165) is 44.2 Å². The second-order valence-corrected chi connectivity index (χ2v) is 10.8. The maximum absolute atomic E-state index is 12.7. The first-order chi connectivity index (χ1) is 12.5.